The van der Waals surface area contributed by atoms with Gasteiger partial charge in [0.15, 0.2) is 5.72 Å². The van der Waals surface area contributed by atoms with E-state index in [9.17, 15) is 19.5 Å². The van der Waals surface area contributed by atoms with Gasteiger partial charge in [0.1, 0.15) is 6.29 Å². The summed E-state index contributed by atoms with van der Waals surface area (Å²) < 4.78 is 9.84. The van der Waals surface area contributed by atoms with Gasteiger partial charge in [0, 0.05) is 35.5 Å². The summed E-state index contributed by atoms with van der Waals surface area (Å²) in [7, 11) is 2.72. The smallest absolute Gasteiger partial charge is 0.305 e. The molecule has 1 aromatic heterocycles. The molecule has 10 nitrogen and oxygen atoms in total. The molecular weight excluding hydrogens is 596 g/mol. The number of carbonyl (C=O) groups is 3. The minimum Gasteiger partial charge on any atom is -0.469 e. The van der Waals surface area contributed by atoms with Crippen LogP contribution in [-0.4, -0.2) is 65.2 Å². The zero-order chi connectivity index (χ0) is 33.9. The number of aromatic amines is 1. The predicted molar refractivity (Wildman–Crippen MR) is 182 cm³/mol. The number of rotatable bonds is 10. The minimum atomic E-state index is -1.70. The summed E-state index contributed by atoms with van der Waals surface area (Å²) in [4.78, 5) is 48.9. The summed E-state index contributed by atoms with van der Waals surface area (Å²) in [5.41, 5.74) is 4.75. The molecule has 3 N–H and O–H groups in total. The Labute approximate surface area is 273 Å². The Kier molecular flexibility index (Phi) is 9.55. The van der Waals surface area contributed by atoms with Gasteiger partial charge in [-0.25, -0.2) is 9.98 Å². The molecule has 0 saturated heterocycles. The first-order valence-electron chi connectivity index (χ1n) is 15.5. The highest BCUT2D eigenvalue weighted by Gasteiger charge is 2.43. The van der Waals surface area contributed by atoms with E-state index in [1.165, 1.54) is 14.2 Å². The van der Waals surface area contributed by atoms with Gasteiger partial charge in [0.05, 0.1) is 42.6 Å². The second kappa shape index (κ2) is 13.4. The molecule has 0 aromatic carbocycles. The van der Waals surface area contributed by atoms with Gasteiger partial charge in [-0.2, -0.15) is 0 Å². The maximum absolute atomic E-state index is 12.3. The largest absolute Gasteiger partial charge is 0.469 e. The number of hydrogen-bond donors (Lipinski definition) is 3. The first kappa shape index (κ1) is 33.4. The third-order valence-electron chi connectivity index (χ3n) is 8.87. The quantitative estimate of drug-likeness (QED) is 0.203. The molecule has 0 fully saturated rings. The molecule has 2 atom stereocenters. The third-order valence-corrected chi connectivity index (χ3v) is 8.87. The van der Waals surface area contributed by atoms with Crippen LogP contribution in [0, 0.1) is 6.92 Å². The van der Waals surface area contributed by atoms with Gasteiger partial charge < -0.3 is 24.4 Å². The van der Waals surface area contributed by atoms with E-state index in [-0.39, 0.29) is 31.2 Å². The number of aliphatic imine (C=N–C) groups is 2. The Hall–Kier alpha value is -4.93. The van der Waals surface area contributed by atoms with Crippen molar-refractivity contribution >= 4 is 41.8 Å². The molecule has 0 spiro atoms. The number of aldehydes is 1. The average molecular weight is 637 g/mol. The van der Waals surface area contributed by atoms with Gasteiger partial charge in [-0.3, -0.25) is 14.9 Å². The van der Waals surface area contributed by atoms with Gasteiger partial charge in [-0.1, -0.05) is 18.2 Å². The lowest BCUT2D eigenvalue weighted by Crippen LogP contribution is -2.50. The van der Waals surface area contributed by atoms with Crippen LogP contribution >= 0.6 is 0 Å². The number of allylic oxidation sites excluding steroid dienone is 6. The molecule has 1 aromatic rings. The molecule has 8 bridgehead atoms. The van der Waals surface area contributed by atoms with Crippen LogP contribution in [0.3, 0.4) is 0 Å². The number of fused-ring (bicyclic) bond motifs is 6. The molecule has 0 amide bonds. The topological polar surface area (TPSA) is 142 Å². The Morgan fingerprint density at radius 1 is 0.936 bits per heavy atom. The molecule has 10 heteroatoms. The highest BCUT2D eigenvalue weighted by atomic mass is 16.5. The van der Waals surface area contributed by atoms with E-state index in [4.69, 9.17) is 19.5 Å². The van der Waals surface area contributed by atoms with E-state index < -0.39 is 11.3 Å². The lowest BCUT2D eigenvalue weighted by atomic mass is 9.96. The molecule has 5 heterocycles. The number of hydrogen-bond acceptors (Lipinski definition) is 9. The SMILES string of the molecule is C=CC12C=C(C=CCC=O)C(O)(C=C3N=C(C=C4N=C(C=c5cc(C)c([nH]5)=C1)C(C)=C4CCC(=O)OC)C(CCC(=O)OC)=C3C)N2. The van der Waals surface area contributed by atoms with Gasteiger partial charge in [-0.15, -0.1) is 6.58 Å². The van der Waals surface area contributed by atoms with Crippen molar-refractivity contribution in [3.05, 3.63) is 105 Å². The summed E-state index contributed by atoms with van der Waals surface area (Å²) in [6, 6.07) is 2.02. The Morgan fingerprint density at radius 3 is 2.28 bits per heavy atom. The Bertz CT molecular complexity index is 1930. The van der Waals surface area contributed by atoms with Crippen LogP contribution in [0.4, 0.5) is 0 Å². The fourth-order valence-corrected chi connectivity index (χ4v) is 6.20. The van der Waals surface area contributed by atoms with Crippen LogP contribution in [0.15, 0.2) is 98.3 Å². The second-order valence-corrected chi connectivity index (χ2v) is 12.0. The zero-order valence-corrected chi connectivity index (χ0v) is 27.4. The molecule has 0 saturated carbocycles. The van der Waals surface area contributed by atoms with Crippen molar-refractivity contribution < 1.29 is 29.0 Å². The monoisotopic (exact) mass is 636 g/mol. The van der Waals surface area contributed by atoms with E-state index in [0.29, 0.717) is 35.5 Å². The first-order chi connectivity index (χ1) is 22.4. The van der Waals surface area contributed by atoms with Gasteiger partial charge in [0.25, 0.3) is 0 Å². The molecule has 0 aliphatic carbocycles. The number of aryl methyl sites for hydroxylation is 1. The van der Waals surface area contributed by atoms with Gasteiger partial charge >= 0.3 is 11.9 Å². The van der Waals surface area contributed by atoms with Crippen molar-refractivity contribution in [1.82, 2.24) is 10.3 Å². The van der Waals surface area contributed by atoms with Crippen LogP contribution in [0.25, 0.3) is 12.2 Å². The van der Waals surface area contributed by atoms with E-state index in [0.717, 1.165) is 50.6 Å². The van der Waals surface area contributed by atoms with Crippen LogP contribution in [0.5, 0.6) is 0 Å². The summed E-state index contributed by atoms with van der Waals surface area (Å²) in [5.74, 6) is -0.677. The standard InChI is InChI=1S/C37H40N4O6/c1-7-36-19-25(10-8-9-15-42)37(45,41-36)21-33-24(4)28(12-14-35(44)47-6)31(40-33)18-30-27(11-13-34(43)46-5)23(3)29(39-30)17-26-16-22(2)32(20-36)38-26/h7-8,10,15-21,38,41,45H,1,9,11-14H2,2-6H3. The molecule has 47 heavy (non-hydrogen) atoms. The number of ether oxygens (including phenoxy) is 2. The van der Waals surface area contributed by atoms with Crippen molar-refractivity contribution in [2.45, 2.75) is 64.1 Å². The summed E-state index contributed by atoms with van der Waals surface area (Å²) >= 11 is 0. The first-order valence-corrected chi connectivity index (χ1v) is 15.5. The average Bonchev–Trinajstić information content (AvgIpc) is 3.72. The number of nitrogens with zero attached hydrogens (tertiary/aromatic N) is 2. The molecular formula is C37H40N4O6. The normalized spacial score (nSPS) is 23.4. The van der Waals surface area contributed by atoms with Crippen LogP contribution < -0.4 is 16.0 Å². The number of esters is 2. The second-order valence-electron chi connectivity index (χ2n) is 12.0. The lowest BCUT2D eigenvalue weighted by molar-refractivity contribution is -0.141. The summed E-state index contributed by atoms with van der Waals surface area (Å²) in [6.07, 6.45) is 16.5. The van der Waals surface area contributed by atoms with Crippen LogP contribution in [0.1, 0.15) is 51.5 Å². The van der Waals surface area contributed by atoms with E-state index in [2.05, 4.69) is 16.9 Å². The number of nitrogens with one attached hydrogen (secondary N) is 2. The predicted octanol–water partition coefficient (Wildman–Crippen LogP) is 3.40. The van der Waals surface area contributed by atoms with E-state index >= 15 is 0 Å². The lowest BCUT2D eigenvalue weighted by Gasteiger charge is -2.28. The maximum atomic E-state index is 12.3. The summed E-state index contributed by atoms with van der Waals surface area (Å²) in [5, 5.41) is 17.3. The van der Waals surface area contributed by atoms with Crippen molar-refractivity contribution in [3.8, 4) is 0 Å². The van der Waals surface area contributed by atoms with E-state index in [1.54, 1.807) is 24.3 Å². The maximum Gasteiger partial charge on any atom is 0.305 e. The molecule has 244 valence electrons. The van der Waals surface area contributed by atoms with Crippen LogP contribution in [0.2, 0.25) is 0 Å². The van der Waals surface area contributed by atoms with E-state index in [1.807, 2.05) is 51.1 Å². The highest BCUT2D eigenvalue weighted by Crippen LogP contribution is 2.38. The van der Waals surface area contributed by atoms with Crippen LogP contribution in [-0.2, 0) is 23.9 Å². The van der Waals surface area contributed by atoms with Crippen molar-refractivity contribution in [3.63, 3.8) is 0 Å². The Morgan fingerprint density at radius 2 is 1.62 bits per heavy atom. The number of aliphatic hydroxyl groups is 1. The van der Waals surface area contributed by atoms with Crippen molar-refractivity contribution in [2.75, 3.05) is 14.2 Å². The third kappa shape index (κ3) is 6.79. The number of H-pyrrole nitrogens is 1. The minimum absolute atomic E-state index is 0.135. The van der Waals surface area contributed by atoms with Crippen molar-refractivity contribution in [2.24, 2.45) is 9.98 Å². The summed E-state index contributed by atoms with van der Waals surface area (Å²) in [6.45, 7) is 9.97. The van der Waals surface area contributed by atoms with Crippen molar-refractivity contribution in [1.29, 1.82) is 0 Å². The number of carbonyl (C=O) groups excluding carboxylic acids is 3. The fourth-order valence-electron chi connectivity index (χ4n) is 6.20. The zero-order valence-electron chi connectivity index (χ0n) is 27.4. The number of aromatic nitrogens is 1. The molecule has 4 aliphatic heterocycles. The highest BCUT2D eigenvalue weighted by molar-refractivity contribution is 6.24. The number of methoxy groups -OCH3 is 2. The molecule has 0 radical (unpaired) electrons. The molecule has 2 unspecified atom stereocenters. The van der Waals surface area contributed by atoms with Gasteiger partial charge in [0.2, 0.25) is 0 Å². The Balaban J connectivity index is 1.78. The fraction of sp³-hybridized carbons (Fsp3) is 0.324. The van der Waals surface area contributed by atoms with Gasteiger partial charge in [-0.05, 0) is 97.9 Å². The molecule has 4 aliphatic rings. The molecule has 5 rings (SSSR count).